The molecule has 0 radical (unpaired) electrons. The molecule has 2 nitrogen and oxygen atoms in total. The van der Waals surface area contributed by atoms with Gasteiger partial charge in [0.15, 0.2) is 0 Å². The maximum Gasteiger partial charge on any atom is 0.130 e. The zero-order chi connectivity index (χ0) is 10.4. The summed E-state index contributed by atoms with van der Waals surface area (Å²) in [6.45, 7) is 2.19. The van der Waals surface area contributed by atoms with Gasteiger partial charge in [-0.2, -0.15) is 0 Å². The Hall–Kier alpha value is -0.860. The SMILES string of the molecule is CCCCc1ccc(C(O)NC)cc1. The van der Waals surface area contributed by atoms with E-state index in [-0.39, 0.29) is 0 Å². The third-order valence-corrected chi connectivity index (χ3v) is 2.39. The fraction of sp³-hybridized carbons (Fsp3) is 0.500. The molecule has 0 aromatic heterocycles. The van der Waals surface area contributed by atoms with Crippen LogP contribution in [0, 0.1) is 0 Å². The normalized spacial score (nSPS) is 12.8. The lowest BCUT2D eigenvalue weighted by atomic mass is 10.1. The molecule has 0 aliphatic rings. The molecule has 0 saturated carbocycles. The molecule has 0 saturated heterocycles. The van der Waals surface area contributed by atoms with Crippen molar-refractivity contribution >= 4 is 0 Å². The molecule has 1 atom stereocenters. The van der Waals surface area contributed by atoms with Crippen LogP contribution in [0.5, 0.6) is 0 Å². The standard InChI is InChI=1S/C12H19NO/c1-3-4-5-10-6-8-11(9-7-10)12(14)13-2/h6-9,12-14H,3-5H2,1-2H3. The van der Waals surface area contributed by atoms with Crippen molar-refractivity contribution in [2.45, 2.75) is 32.4 Å². The summed E-state index contributed by atoms with van der Waals surface area (Å²) in [4.78, 5) is 0. The number of rotatable bonds is 5. The summed E-state index contributed by atoms with van der Waals surface area (Å²) in [5.74, 6) is 0. The number of benzene rings is 1. The zero-order valence-electron chi connectivity index (χ0n) is 8.96. The van der Waals surface area contributed by atoms with Crippen molar-refractivity contribution < 1.29 is 5.11 Å². The van der Waals surface area contributed by atoms with E-state index < -0.39 is 6.23 Å². The van der Waals surface area contributed by atoms with Crippen LogP contribution in [-0.2, 0) is 6.42 Å². The summed E-state index contributed by atoms with van der Waals surface area (Å²) in [5, 5.41) is 12.3. The third-order valence-electron chi connectivity index (χ3n) is 2.39. The second-order valence-electron chi connectivity index (χ2n) is 3.54. The molecule has 78 valence electrons. The van der Waals surface area contributed by atoms with E-state index in [1.807, 2.05) is 12.1 Å². The molecule has 1 aromatic rings. The van der Waals surface area contributed by atoms with Gasteiger partial charge in [-0.3, -0.25) is 5.32 Å². The number of nitrogens with one attached hydrogen (secondary N) is 1. The topological polar surface area (TPSA) is 32.3 Å². The van der Waals surface area contributed by atoms with Crippen LogP contribution in [0.2, 0.25) is 0 Å². The van der Waals surface area contributed by atoms with Gasteiger partial charge in [0, 0.05) is 0 Å². The van der Waals surface area contributed by atoms with Gasteiger partial charge in [0.25, 0.3) is 0 Å². The van der Waals surface area contributed by atoms with E-state index in [0.717, 1.165) is 12.0 Å². The Bertz CT molecular complexity index is 256. The Morgan fingerprint density at radius 2 is 1.93 bits per heavy atom. The fourth-order valence-electron chi connectivity index (χ4n) is 1.41. The molecule has 14 heavy (non-hydrogen) atoms. The van der Waals surface area contributed by atoms with Crippen LogP contribution in [-0.4, -0.2) is 12.2 Å². The molecule has 1 aromatic carbocycles. The van der Waals surface area contributed by atoms with Crippen LogP contribution in [0.4, 0.5) is 0 Å². The summed E-state index contributed by atoms with van der Waals surface area (Å²) in [7, 11) is 1.75. The first-order valence-corrected chi connectivity index (χ1v) is 5.22. The van der Waals surface area contributed by atoms with E-state index in [2.05, 4.69) is 24.4 Å². The van der Waals surface area contributed by atoms with Crippen LogP contribution in [0.3, 0.4) is 0 Å². The van der Waals surface area contributed by atoms with E-state index in [0.29, 0.717) is 0 Å². The second kappa shape index (κ2) is 5.78. The molecule has 0 spiro atoms. The minimum Gasteiger partial charge on any atom is -0.374 e. The van der Waals surface area contributed by atoms with Gasteiger partial charge in [0.1, 0.15) is 6.23 Å². The molecule has 2 heteroatoms. The van der Waals surface area contributed by atoms with Crippen LogP contribution in [0.25, 0.3) is 0 Å². The molecule has 0 amide bonds. The summed E-state index contributed by atoms with van der Waals surface area (Å²) in [5.41, 5.74) is 2.27. The van der Waals surface area contributed by atoms with E-state index in [1.54, 1.807) is 7.05 Å². The average molecular weight is 193 g/mol. The highest BCUT2D eigenvalue weighted by Gasteiger charge is 2.02. The monoisotopic (exact) mass is 193 g/mol. The smallest absolute Gasteiger partial charge is 0.130 e. The average Bonchev–Trinajstić information content (AvgIpc) is 2.26. The van der Waals surface area contributed by atoms with Gasteiger partial charge in [-0.05, 0) is 31.0 Å². The Morgan fingerprint density at radius 1 is 1.29 bits per heavy atom. The number of hydrogen-bond acceptors (Lipinski definition) is 2. The van der Waals surface area contributed by atoms with Crippen LogP contribution in [0.1, 0.15) is 37.1 Å². The summed E-state index contributed by atoms with van der Waals surface area (Å²) >= 11 is 0. The quantitative estimate of drug-likeness (QED) is 0.703. The van der Waals surface area contributed by atoms with E-state index >= 15 is 0 Å². The molecule has 1 unspecified atom stereocenters. The van der Waals surface area contributed by atoms with Gasteiger partial charge >= 0.3 is 0 Å². The molecule has 0 fully saturated rings. The minimum atomic E-state index is -0.546. The maximum atomic E-state index is 9.49. The number of aliphatic hydroxyl groups is 1. The maximum absolute atomic E-state index is 9.49. The van der Waals surface area contributed by atoms with Crippen molar-refractivity contribution in [2.24, 2.45) is 0 Å². The fourth-order valence-corrected chi connectivity index (χ4v) is 1.41. The Balaban J connectivity index is 2.59. The van der Waals surface area contributed by atoms with Crippen molar-refractivity contribution in [1.29, 1.82) is 0 Å². The van der Waals surface area contributed by atoms with Gasteiger partial charge in [0.05, 0.1) is 0 Å². The molecule has 1 rings (SSSR count). The number of aliphatic hydroxyl groups excluding tert-OH is 1. The lowest BCUT2D eigenvalue weighted by molar-refractivity contribution is 0.149. The number of unbranched alkanes of at least 4 members (excludes halogenated alkanes) is 1. The predicted molar refractivity (Wildman–Crippen MR) is 59.1 cm³/mol. The van der Waals surface area contributed by atoms with Crippen molar-refractivity contribution in [1.82, 2.24) is 5.32 Å². The predicted octanol–water partition coefficient (Wildman–Crippen LogP) is 2.24. The van der Waals surface area contributed by atoms with Crippen molar-refractivity contribution in [3.05, 3.63) is 35.4 Å². The highest BCUT2D eigenvalue weighted by molar-refractivity contribution is 5.23. The second-order valence-corrected chi connectivity index (χ2v) is 3.54. The van der Waals surface area contributed by atoms with Gasteiger partial charge < -0.3 is 5.11 Å². The summed E-state index contributed by atoms with van der Waals surface area (Å²) in [6.07, 6.45) is 3.04. The van der Waals surface area contributed by atoms with Gasteiger partial charge in [-0.1, -0.05) is 37.6 Å². The first kappa shape index (κ1) is 11.2. The minimum absolute atomic E-state index is 0.546. The van der Waals surface area contributed by atoms with E-state index in [9.17, 15) is 5.11 Å². The van der Waals surface area contributed by atoms with Crippen LogP contribution >= 0.6 is 0 Å². The largest absolute Gasteiger partial charge is 0.374 e. The Kier molecular flexibility index (Phi) is 4.63. The molecule has 0 aliphatic carbocycles. The molecule has 0 aliphatic heterocycles. The first-order valence-electron chi connectivity index (χ1n) is 5.22. The van der Waals surface area contributed by atoms with Crippen molar-refractivity contribution in [3.8, 4) is 0 Å². The molecular weight excluding hydrogens is 174 g/mol. The lowest BCUT2D eigenvalue weighted by Crippen LogP contribution is -2.14. The highest BCUT2D eigenvalue weighted by atomic mass is 16.3. The first-order chi connectivity index (χ1) is 6.77. The number of hydrogen-bond donors (Lipinski definition) is 2. The molecule has 0 bridgehead atoms. The van der Waals surface area contributed by atoms with Crippen LogP contribution in [0.15, 0.2) is 24.3 Å². The Morgan fingerprint density at radius 3 is 2.43 bits per heavy atom. The summed E-state index contributed by atoms with van der Waals surface area (Å²) < 4.78 is 0. The molecule has 2 N–H and O–H groups in total. The van der Waals surface area contributed by atoms with Crippen molar-refractivity contribution in [2.75, 3.05) is 7.05 Å². The molecular formula is C12H19NO. The van der Waals surface area contributed by atoms with E-state index in [1.165, 1.54) is 18.4 Å². The van der Waals surface area contributed by atoms with Gasteiger partial charge in [-0.25, -0.2) is 0 Å². The van der Waals surface area contributed by atoms with E-state index in [4.69, 9.17) is 0 Å². The summed E-state index contributed by atoms with van der Waals surface area (Å²) in [6, 6.07) is 8.13. The van der Waals surface area contributed by atoms with Gasteiger partial charge in [0.2, 0.25) is 0 Å². The van der Waals surface area contributed by atoms with Gasteiger partial charge in [-0.15, -0.1) is 0 Å². The van der Waals surface area contributed by atoms with Crippen LogP contribution < -0.4 is 5.32 Å². The lowest BCUT2D eigenvalue weighted by Gasteiger charge is -2.09. The third kappa shape index (κ3) is 3.13. The van der Waals surface area contributed by atoms with Crippen molar-refractivity contribution in [3.63, 3.8) is 0 Å². The number of aryl methyl sites for hydroxylation is 1. The highest BCUT2D eigenvalue weighted by Crippen LogP contribution is 2.12. The molecule has 0 heterocycles. The Labute approximate surface area is 86.0 Å². The zero-order valence-corrected chi connectivity index (χ0v) is 8.96.